The molecule has 1 aliphatic rings. The van der Waals surface area contributed by atoms with Crippen LogP contribution >= 0.6 is 0 Å². The second kappa shape index (κ2) is 9.57. The van der Waals surface area contributed by atoms with E-state index in [1.807, 2.05) is 12.1 Å². The van der Waals surface area contributed by atoms with Crippen LogP contribution in [0.15, 0.2) is 24.3 Å². The van der Waals surface area contributed by atoms with Gasteiger partial charge in [0.1, 0.15) is 5.75 Å². The van der Waals surface area contributed by atoms with E-state index in [0.29, 0.717) is 23.3 Å². The molecule has 0 heterocycles. The van der Waals surface area contributed by atoms with Gasteiger partial charge in [0.2, 0.25) is 11.8 Å². The number of rotatable bonds is 7. The summed E-state index contributed by atoms with van der Waals surface area (Å²) in [6.07, 6.45) is 3.43. The number of amides is 2. The zero-order chi connectivity index (χ0) is 19.1. The SMILES string of the molecule is COc1cccc(NC(=O)CN(C)CC(=O)N[C@@H]2CCC[C@H](C)[C@@H]2C)c1. The van der Waals surface area contributed by atoms with E-state index < -0.39 is 0 Å². The number of anilines is 1. The van der Waals surface area contributed by atoms with Crippen LogP contribution in [0, 0.1) is 11.8 Å². The van der Waals surface area contributed by atoms with Crippen LogP contribution in [0.4, 0.5) is 5.69 Å². The maximum absolute atomic E-state index is 12.3. The molecule has 0 aliphatic heterocycles. The van der Waals surface area contributed by atoms with Crippen LogP contribution in [0.2, 0.25) is 0 Å². The Balaban J connectivity index is 1.77. The molecule has 2 amide bonds. The number of nitrogens with zero attached hydrogens (tertiary/aromatic N) is 1. The van der Waals surface area contributed by atoms with Crippen LogP contribution in [-0.4, -0.2) is 50.0 Å². The fourth-order valence-electron chi connectivity index (χ4n) is 3.49. The molecule has 6 nitrogen and oxygen atoms in total. The molecular weight excluding hydrogens is 330 g/mol. The highest BCUT2D eigenvalue weighted by Gasteiger charge is 2.28. The van der Waals surface area contributed by atoms with Crippen LogP contribution in [0.5, 0.6) is 5.75 Å². The first-order valence-corrected chi connectivity index (χ1v) is 9.31. The molecule has 144 valence electrons. The summed E-state index contributed by atoms with van der Waals surface area (Å²) in [4.78, 5) is 26.2. The van der Waals surface area contributed by atoms with Crippen molar-refractivity contribution in [3.63, 3.8) is 0 Å². The molecule has 6 heteroatoms. The molecule has 0 radical (unpaired) electrons. The van der Waals surface area contributed by atoms with Crippen LogP contribution in [0.1, 0.15) is 33.1 Å². The summed E-state index contributed by atoms with van der Waals surface area (Å²) in [7, 11) is 3.36. The van der Waals surface area contributed by atoms with Crippen LogP contribution in [-0.2, 0) is 9.59 Å². The second-order valence-electron chi connectivity index (χ2n) is 7.39. The normalized spacial score (nSPS) is 22.7. The third kappa shape index (κ3) is 6.02. The summed E-state index contributed by atoms with van der Waals surface area (Å²) in [5.74, 6) is 1.64. The molecule has 0 spiro atoms. The Morgan fingerprint density at radius 1 is 1.19 bits per heavy atom. The van der Waals surface area contributed by atoms with Crippen molar-refractivity contribution in [2.45, 2.75) is 39.2 Å². The molecule has 1 saturated carbocycles. The Kier molecular flexibility index (Phi) is 7.45. The molecule has 0 bridgehead atoms. The quantitative estimate of drug-likeness (QED) is 0.783. The van der Waals surface area contributed by atoms with Gasteiger partial charge in [-0.05, 0) is 37.4 Å². The standard InChI is InChI=1S/C20H31N3O3/c1-14-7-5-10-18(15(14)2)22-20(25)13-23(3)12-19(24)21-16-8-6-9-17(11-16)26-4/h6,8-9,11,14-15,18H,5,7,10,12-13H2,1-4H3,(H,21,24)(H,22,25)/t14-,15-,18+/m0/s1. The van der Waals surface area contributed by atoms with Gasteiger partial charge < -0.3 is 15.4 Å². The van der Waals surface area contributed by atoms with Crippen LogP contribution in [0.3, 0.4) is 0 Å². The Hall–Kier alpha value is -2.08. The molecule has 0 unspecified atom stereocenters. The van der Waals surface area contributed by atoms with E-state index in [4.69, 9.17) is 4.74 Å². The van der Waals surface area contributed by atoms with Crippen LogP contribution < -0.4 is 15.4 Å². The number of nitrogens with one attached hydrogen (secondary N) is 2. The number of ether oxygens (including phenoxy) is 1. The van der Waals surface area contributed by atoms with E-state index in [1.54, 1.807) is 31.2 Å². The van der Waals surface area contributed by atoms with Gasteiger partial charge in [0.25, 0.3) is 0 Å². The first-order chi connectivity index (χ1) is 12.4. The number of carbonyl (C=O) groups excluding carboxylic acids is 2. The van der Waals surface area contributed by atoms with Gasteiger partial charge in [-0.1, -0.05) is 32.8 Å². The van der Waals surface area contributed by atoms with Gasteiger partial charge in [-0.25, -0.2) is 0 Å². The average Bonchev–Trinajstić information content (AvgIpc) is 2.58. The second-order valence-corrected chi connectivity index (χ2v) is 7.39. The zero-order valence-corrected chi connectivity index (χ0v) is 16.2. The number of hydrogen-bond acceptors (Lipinski definition) is 4. The Morgan fingerprint density at radius 3 is 2.65 bits per heavy atom. The zero-order valence-electron chi connectivity index (χ0n) is 16.2. The predicted octanol–water partition coefficient (Wildman–Crippen LogP) is 2.51. The Labute approximate surface area is 156 Å². The lowest BCUT2D eigenvalue weighted by molar-refractivity contribution is -0.124. The van der Waals surface area contributed by atoms with E-state index >= 15 is 0 Å². The number of carbonyl (C=O) groups is 2. The summed E-state index contributed by atoms with van der Waals surface area (Å²) in [6.45, 7) is 4.82. The van der Waals surface area contributed by atoms with Crippen molar-refractivity contribution >= 4 is 17.5 Å². The van der Waals surface area contributed by atoms with Gasteiger partial charge in [-0.15, -0.1) is 0 Å². The van der Waals surface area contributed by atoms with Crippen molar-refractivity contribution < 1.29 is 14.3 Å². The summed E-state index contributed by atoms with van der Waals surface area (Å²) in [5, 5.41) is 5.96. The van der Waals surface area contributed by atoms with Crippen molar-refractivity contribution in [3.05, 3.63) is 24.3 Å². The van der Waals surface area contributed by atoms with Crippen LogP contribution in [0.25, 0.3) is 0 Å². The van der Waals surface area contributed by atoms with Crippen molar-refractivity contribution in [1.29, 1.82) is 0 Å². The number of methoxy groups -OCH3 is 1. The Bertz CT molecular complexity index is 620. The van der Waals surface area contributed by atoms with Crippen molar-refractivity contribution in [2.75, 3.05) is 32.6 Å². The first kappa shape index (κ1) is 20.2. The van der Waals surface area contributed by atoms with Gasteiger partial charge in [0.05, 0.1) is 20.2 Å². The molecule has 2 rings (SSSR count). The summed E-state index contributed by atoms with van der Waals surface area (Å²) in [5.41, 5.74) is 0.678. The van der Waals surface area contributed by atoms with Crippen molar-refractivity contribution in [1.82, 2.24) is 10.2 Å². The topological polar surface area (TPSA) is 70.7 Å². The highest BCUT2D eigenvalue weighted by molar-refractivity contribution is 5.92. The minimum atomic E-state index is -0.159. The molecule has 3 atom stereocenters. The minimum Gasteiger partial charge on any atom is -0.497 e. The van der Waals surface area contributed by atoms with Crippen molar-refractivity contribution in [2.24, 2.45) is 11.8 Å². The maximum Gasteiger partial charge on any atom is 0.238 e. The lowest BCUT2D eigenvalue weighted by atomic mass is 9.78. The molecule has 1 aromatic rings. The maximum atomic E-state index is 12.3. The lowest BCUT2D eigenvalue weighted by Crippen LogP contribution is -2.47. The van der Waals surface area contributed by atoms with E-state index in [0.717, 1.165) is 12.8 Å². The van der Waals surface area contributed by atoms with Crippen molar-refractivity contribution in [3.8, 4) is 5.75 Å². The van der Waals surface area contributed by atoms with Gasteiger partial charge in [0.15, 0.2) is 0 Å². The lowest BCUT2D eigenvalue weighted by Gasteiger charge is -2.34. The van der Waals surface area contributed by atoms with Gasteiger partial charge in [-0.2, -0.15) is 0 Å². The first-order valence-electron chi connectivity index (χ1n) is 9.31. The molecule has 1 aliphatic carbocycles. The number of likely N-dealkylation sites (N-methyl/N-ethyl adjacent to an activating group) is 1. The predicted molar refractivity (Wildman–Crippen MR) is 103 cm³/mol. The molecule has 0 saturated heterocycles. The van der Waals surface area contributed by atoms with E-state index in [1.165, 1.54) is 6.42 Å². The van der Waals surface area contributed by atoms with Gasteiger partial charge >= 0.3 is 0 Å². The van der Waals surface area contributed by atoms with E-state index in [9.17, 15) is 9.59 Å². The molecule has 1 fully saturated rings. The third-order valence-electron chi connectivity index (χ3n) is 5.23. The number of hydrogen-bond donors (Lipinski definition) is 2. The smallest absolute Gasteiger partial charge is 0.238 e. The van der Waals surface area contributed by atoms with E-state index in [-0.39, 0.29) is 30.9 Å². The van der Waals surface area contributed by atoms with Gasteiger partial charge in [0, 0.05) is 17.8 Å². The van der Waals surface area contributed by atoms with E-state index in [2.05, 4.69) is 24.5 Å². The summed E-state index contributed by atoms with van der Waals surface area (Å²) < 4.78 is 5.14. The summed E-state index contributed by atoms with van der Waals surface area (Å²) in [6, 6.07) is 7.44. The molecular formula is C20H31N3O3. The number of benzene rings is 1. The average molecular weight is 361 g/mol. The Morgan fingerprint density at radius 2 is 1.92 bits per heavy atom. The largest absolute Gasteiger partial charge is 0.497 e. The molecule has 1 aromatic carbocycles. The fraction of sp³-hybridized carbons (Fsp3) is 0.600. The highest BCUT2D eigenvalue weighted by atomic mass is 16.5. The fourth-order valence-corrected chi connectivity index (χ4v) is 3.49. The van der Waals surface area contributed by atoms with Gasteiger partial charge in [-0.3, -0.25) is 14.5 Å². The summed E-state index contributed by atoms with van der Waals surface area (Å²) >= 11 is 0. The molecule has 2 N–H and O–H groups in total. The third-order valence-corrected chi connectivity index (χ3v) is 5.23. The minimum absolute atomic E-state index is 0.0207. The monoisotopic (exact) mass is 361 g/mol. The molecule has 26 heavy (non-hydrogen) atoms. The molecule has 0 aromatic heterocycles. The highest BCUT2D eigenvalue weighted by Crippen LogP contribution is 2.29.